The van der Waals surface area contributed by atoms with Crippen LogP contribution in [0, 0.1) is 0 Å². The number of hydrazine groups is 1. The fraction of sp³-hybridized carbons (Fsp3) is 0.368. The Morgan fingerprint density at radius 3 is 2.88 bits per heavy atom. The predicted molar refractivity (Wildman–Crippen MR) is 97.5 cm³/mol. The maximum atomic E-state index is 5.92. The maximum absolute atomic E-state index is 5.92. The van der Waals surface area contributed by atoms with Crippen LogP contribution in [0.25, 0.3) is 5.65 Å². The number of rotatable bonds is 4. The molecule has 7 heteroatoms. The Kier molecular flexibility index (Phi) is 3.58. The minimum atomic E-state index is 0.137. The van der Waals surface area contributed by atoms with Gasteiger partial charge in [-0.2, -0.15) is 5.10 Å². The van der Waals surface area contributed by atoms with Gasteiger partial charge in [-0.25, -0.2) is 14.5 Å². The molecule has 0 unspecified atom stereocenters. The third-order valence-corrected chi connectivity index (χ3v) is 4.78. The molecule has 2 aliphatic rings. The van der Waals surface area contributed by atoms with E-state index in [0.29, 0.717) is 6.04 Å². The molecule has 26 heavy (non-hydrogen) atoms. The first-order valence-electron chi connectivity index (χ1n) is 8.93. The Labute approximate surface area is 151 Å². The van der Waals surface area contributed by atoms with E-state index in [-0.39, 0.29) is 6.10 Å². The van der Waals surface area contributed by atoms with Crippen LogP contribution < -0.4 is 9.75 Å². The van der Waals surface area contributed by atoms with E-state index in [1.807, 2.05) is 38.4 Å². The van der Waals surface area contributed by atoms with E-state index in [1.165, 1.54) is 5.56 Å². The van der Waals surface area contributed by atoms with Gasteiger partial charge in [0.15, 0.2) is 5.65 Å². The van der Waals surface area contributed by atoms with Gasteiger partial charge < -0.3 is 9.47 Å². The van der Waals surface area contributed by atoms with E-state index in [1.54, 1.807) is 10.7 Å². The lowest BCUT2D eigenvalue weighted by Crippen LogP contribution is -2.52. The number of ether oxygens (including phenoxy) is 2. The number of anilines is 2. The minimum absolute atomic E-state index is 0.137. The third-order valence-electron chi connectivity index (χ3n) is 4.78. The molecule has 0 aliphatic carbocycles. The molecule has 2 aromatic heterocycles. The number of nitrogens with zero attached hydrogens (tertiary/aromatic N) is 5. The summed E-state index contributed by atoms with van der Waals surface area (Å²) in [4.78, 5) is 4.54. The molecule has 1 fully saturated rings. The highest BCUT2D eigenvalue weighted by Crippen LogP contribution is 2.42. The van der Waals surface area contributed by atoms with Gasteiger partial charge in [0.25, 0.3) is 0 Å². The number of benzene rings is 1. The largest absolute Gasteiger partial charge is 0.491 e. The van der Waals surface area contributed by atoms with Crippen molar-refractivity contribution < 1.29 is 9.47 Å². The zero-order valence-electron chi connectivity index (χ0n) is 14.9. The van der Waals surface area contributed by atoms with Crippen LogP contribution in [0.3, 0.4) is 0 Å². The summed E-state index contributed by atoms with van der Waals surface area (Å²) in [5, 5.41) is 9.04. The van der Waals surface area contributed by atoms with Gasteiger partial charge in [-0.3, -0.25) is 5.01 Å². The Bertz CT molecular complexity index is 950. The molecular weight excluding hydrogens is 330 g/mol. The van der Waals surface area contributed by atoms with E-state index in [9.17, 15) is 0 Å². The molecule has 4 heterocycles. The molecule has 1 aromatic carbocycles. The summed E-state index contributed by atoms with van der Waals surface area (Å²) in [5.74, 6) is 0.875. The molecule has 0 amide bonds. The number of hydrogen-bond acceptors (Lipinski definition) is 6. The van der Waals surface area contributed by atoms with Crippen LogP contribution in [0.1, 0.15) is 19.4 Å². The molecule has 0 atom stereocenters. The van der Waals surface area contributed by atoms with Crippen molar-refractivity contribution in [3.63, 3.8) is 0 Å². The zero-order chi connectivity index (χ0) is 17.7. The smallest absolute Gasteiger partial charge is 0.180 e. The topological polar surface area (TPSA) is 55.1 Å². The number of hydrogen-bond donors (Lipinski definition) is 0. The highest BCUT2D eigenvalue weighted by Gasteiger charge is 2.38. The van der Waals surface area contributed by atoms with E-state index in [0.717, 1.165) is 42.5 Å². The van der Waals surface area contributed by atoms with Crippen LogP contribution in [-0.4, -0.2) is 45.0 Å². The summed E-state index contributed by atoms with van der Waals surface area (Å²) in [6, 6.07) is 8.55. The van der Waals surface area contributed by atoms with Gasteiger partial charge in [0, 0.05) is 25.0 Å². The van der Waals surface area contributed by atoms with E-state index in [2.05, 4.69) is 32.2 Å². The first-order chi connectivity index (χ1) is 12.7. The van der Waals surface area contributed by atoms with Gasteiger partial charge in [-0.15, -0.1) is 0 Å². The van der Waals surface area contributed by atoms with Gasteiger partial charge in [0.2, 0.25) is 0 Å². The highest BCUT2D eigenvalue weighted by atomic mass is 16.5. The Morgan fingerprint density at radius 2 is 2.12 bits per heavy atom. The molecule has 0 radical (unpaired) electrons. The van der Waals surface area contributed by atoms with Crippen molar-refractivity contribution in [1.29, 1.82) is 0 Å². The summed E-state index contributed by atoms with van der Waals surface area (Å²) in [6.45, 7) is 6.41. The van der Waals surface area contributed by atoms with Crippen LogP contribution >= 0.6 is 0 Å². The second-order valence-electron chi connectivity index (χ2n) is 6.98. The first-order valence-corrected chi connectivity index (χ1v) is 8.93. The fourth-order valence-electron chi connectivity index (χ4n) is 3.52. The monoisotopic (exact) mass is 351 g/mol. The molecule has 5 rings (SSSR count). The fourth-order valence-corrected chi connectivity index (χ4v) is 3.52. The van der Waals surface area contributed by atoms with Crippen LogP contribution in [-0.2, 0) is 11.3 Å². The SMILES string of the molecule is CC(C)Oc1ccc2c(c1)N(c1cnn3cccnc13)N(C1COC1)C2. The van der Waals surface area contributed by atoms with Crippen molar-refractivity contribution in [3.8, 4) is 5.75 Å². The van der Waals surface area contributed by atoms with Crippen LogP contribution in [0.15, 0.2) is 42.9 Å². The van der Waals surface area contributed by atoms with E-state index >= 15 is 0 Å². The van der Waals surface area contributed by atoms with Crippen molar-refractivity contribution in [2.45, 2.75) is 32.5 Å². The van der Waals surface area contributed by atoms with E-state index < -0.39 is 0 Å². The third kappa shape index (κ3) is 2.43. The minimum Gasteiger partial charge on any atom is -0.491 e. The maximum Gasteiger partial charge on any atom is 0.180 e. The van der Waals surface area contributed by atoms with Gasteiger partial charge in [0.05, 0.1) is 37.2 Å². The van der Waals surface area contributed by atoms with Gasteiger partial charge in [-0.05, 0) is 31.5 Å². The molecule has 0 N–H and O–H groups in total. The lowest BCUT2D eigenvalue weighted by Gasteiger charge is -2.40. The second-order valence-corrected chi connectivity index (χ2v) is 6.98. The molecule has 0 bridgehead atoms. The zero-order valence-corrected chi connectivity index (χ0v) is 14.9. The molecule has 7 nitrogen and oxygen atoms in total. The van der Waals surface area contributed by atoms with Crippen molar-refractivity contribution in [2.24, 2.45) is 0 Å². The van der Waals surface area contributed by atoms with Gasteiger partial charge >= 0.3 is 0 Å². The quantitative estimate of drug-likeness (QED) is 0.720. The highest BCUT2D eigenvalue weighted by molar-refractivity contribution is 5.78. The lowest BCUT2D eigenvalue weighted by molar-refractivity contribution is -0.0647. The Balaban J connectivity index is 1.63. The van der Waals surface area contributed by atoms with Gasteiger partial charge in [0.1, 0.15) is 11.4 Å². The van der Waals surface area contributed by atoms with Crippen LogP contribution in [0.2, 0.25) is 0 Å². The Morgan fingerprint density at radius 1 is 1.23 bits per heavy atom. The predicted octanol–water partition coefficient (Wildman–Crippen LogP) is 2.78. The molecule has 1 saturated heterocycles. The number of fused-ring (bicyclic) bond motifs is 2. The lowest BCUT2D eigenvalue weighted by atomic mass is 10.1. The second kappa shape index (κ2) is 5.96. The van der Waals surface area contributed by atoms with Crippen molar-refractivity contribution in [3.05, 3.63) is 48.4 Å². The van der Waals surface area contributed by atoms with Crippen molar-refractivity contribution >= 4 is 17.0 Å². The summed E-state index contributed by atoms with van der Waals surface area (Å²) >= 11 is 0. The molecule has 0 spiro atoms. The summed E-state index contributed by atoms with van der Waals surface area (Å²) in [7, 11) is 0. The average molecular weight is 351 g/mol. The molecule has 134 valence electrons. The van der Waals surface area contributed by atoms with Crippen molar-refractivity contribution in [2.75, 3.05) is 18.2 Å². The van der Waals surface area contributed by atoms with Gasteiger partial charge in [-0.1, -0.05) is 6.07 Å². The van der Waals surface area contributed by atoms with Crippen LogP contribution in [0.4, 0.5) is 11.4 Å². The summed E-state index contributed by atoms with van der Waals surface area (Å²) < 4.78 is 13.2. The molecule has 2 aliphatic heterocycles. The van der Waals surface area contributed by atoms with E-state index in [4.69, 9.17) is 9.47 Å². The van der Waals surface area contributed by atoms with Crippen molar-refractivity contribution in [1.82, 2.24) is 19.6 Å². The normalized spacial score (nSPS) is 17.7. The standard InChI is InChI=1S/C19H21N5O2/c1-13(2)26-16-5-4-14-10-23(15-11-25-12-15)24(17(14)8-16)18-9-21-22-7-3-6-20-19(18)22/h3-9,13,15H,10-12H2,1-2H3. The first kappa shape index (κ1) is 15.6. The van der Waals surface area contributed by atoms with Crippen LogP contribution in [0.5, 0.6) is 5.75 Å². The average Bonchev–Trinajstić information content (AvgIpc) is 3.13. The molecular formula is C19H21N5O2. The molecule has 3 aromatic rings. The summed E-state index contributed by atoms with van der Waals surface area (Å²) in [5.41, 5.74) is 4.19. The molecule has 0 saturated carbocycles. The Hall–Kier alpha value is -2.64. The number of aromatic nitrogens is 3. The summed E-state index contributed by atoms with van der Waals surface area (Å²) in [6.07, 6.45) is 5.72.